The Kier molecular flexibility index (Phi) is 13.9. The molecule has 0 bridgehead atoms. The minimum Gasteiger partial charge on any atom is -0.443 e. The summed E-state index contributed by atoms with van der Waals surface area (Å²) in [5.41, 5.74) is -1.41. The molecule has 0 aromatic carbocycles. The summed E-state index contributed by atoms with van der Waals surface area (Å²) in [7, 11) is 6.12. The summed E-state index contributed by atoms with van der Waals surface area (Å²) in [6, 6.07) is 0. The predicted octanol–water partition coefficient (Wildman–Crippen LogP) is 2.33. The molecule has 0 rings (SSSR count). The van der Waals surface area contributed by atoms with Crippen LogP contribution in [0.4, 0.5) is 9.59 Å². The summed E-state index contributed by atoms with van der Waals surface area (Å²) < 4.78 is 10.6. The lowest BCUT2D eigenvalue weighted by Crippen LogP contribution is -2.45. The Hall–Kier alpha value is -1.50. The number of carbonyl (C=O) groups excluding carboxylic acids is 4. The number of hydrogen-bond donors (Lipinski definition) is 2. The van der Waals surface area contributed by atoms with Crippen LogP contribution in [0.2, 0.25) is 0 Å². The lowest BCUT2D eigenvalue weighted by Gasteiger charge is -2.26. The average Bonchev–Trinajstić information content (AvgIpc) is 2.61. The molecule has 0 saturated heterocycles. The fourth-order valence-electron chi connectivity index (χ4n) is 2.14. The monoisotopic (exact) mass is 494 g/mol. The van der Waals surface area contributed by atoms with Crippen LogP contribution in [-0.4, -0.2) is 96.8 Å². The van der Waals surface area contributed by atoms with Gasteiger partial charge in [0.25, 0.3) is 0 Å². The van der Waals surface area contributed by atoms with E-state index in [9.17, 15) is 19.2 Å². The lowest BCUT2D eigenvalue weighted by atomic mass is 10.2. The standard InChI is InChI=1S/C20H38N4O6S2/c1-19(2,3)29-17(27)23(15(25)13-21-7)9-11-31-32-12-10-24(16(26)14-22-8)18(28)30-20(4,5)6/h21-22H,9-14H2,1-8H3. The molecule has 0 radical (unpaired) electrons. The first-order valence-corrected chi connectivity index (χ1v) is 12.8. The van der Waals surface area contributed by atoms with Gasteiger partial charge >= 0.3 is 12.2 Å². The molecule has 0 unspecified atom stereocenters. The van der Waals surface area contributed by atoms with Crippen LogP contribution >= 0.6 is 21.6 Å². The van der Waals surface area contributed by atoms with Gasteiger partial charge in [0.05, 0.1) is 13.1 Å². The van der Waals surface area contributed by atoms with Gasteiger partial charge < -0.3 is 20.1 Å². The Bertz CT molecular complexity index is 581. The predicted molar refractivity (Wildman–Crippen MR) is 129 cm³/mol. The summed E-state index contributed by atoms with van der Waals surface area (Å²) in [6.45, 7) is 10.8. The van der Waals surface area contributed by atoms with Gasteiger partial charge in [-0.1, -0.05) is 21.6 Å². The van der Waals surface area contributed by atoms with E-state index in [1.165, 1.54) is 21.6 Å². The number of carbonyl (C=O) groups is 4. The van der Waals surface area contributed by atoms with Crippen LogP contribution in [0, 0.1) is 0 Å². The normalized spacial score (nSPS) is 11.6. The van der Waals surface area contributed by atoms with Crippen LogP contribution in [0.15, 0.2) is 0 Å². The fraction of sp³-hybridized carbons (Fsp3) is 0.800. The number of ether oxygens (including phenoxy) is 2. The SMILES string of the molecule is CNCC(=O)N(CCSSCCN(C(=O)CNC)C(=O)OC(C)(C)C)C(=O)OC(C)(C)C. The average molecular weight is 495 g/mol. The first-order chi connectivity index (χ1) is 14.7. The van der Waals surface area contributed by atoms with Crippen LogP contribution in [0.5, 0.6) is 0 Å². The molecule has 0 aliphatic carbocycles. The minimum absolute atomic E-state index is 0.0233. The Morgan fingerprint density at radius 2 is 1.00 bits per heavy atom. The van der Waals surface area contributed by atoms with Crippen molar-refractivity contribution in [3.05, 3.63) is 0 Å². The van der Waals surface area contributed by atoms with Crippen LogP contribution in [-0.2, 0) is 19.1 Å². The number of rotatable bonds is 11. The second-order valence-electron chi connectivity index (χ2n) is 8.76. The molecule has 0 saturated carbocycles. The highest BCUT2D eigenvalue weighted by atomic mass is 33.1. The first kappa shape index (κ1) is 30.5. The van der Waals surface area contributed by atoms with Crippen molar-refractivity contribution < 1.29 is 28.7 Å². The molecule has 0 atom stereocenters. The highest BCUT2D eigenvalue weighted by Crippen LogP contribution is 2.22. The van der Waals surface area contributed by atoms with E-state index in [-0.39, 0.29) is 38.0 Å². The fourth-order valence-corrected chi connectivity index (χ4v) is 4.04. The number of imide groups is 2. The summed E-state index contributed by atoms with van der Waals surface area (Å²) in [5, 5.41) is 5.48. The highest BCUT2D eigenvalue weighted by molar-refractivity contribution is 8.76. The number of nitrogens with one attached hydrogen (secondary N) is 2. The van der Waals surface area contributed by atoms with Gasteiger partial charge in [0.1, 0.15) is 11.2 Å². The molecular formula is C20H38N4O6S2. The summed E-state index contributed by atoms with van der Waals surface area (Å²) in [4.78, 5) is 51.4. The number of hydrogen-bond acceptors (Lipinski definition) is 10. The topological polar surface area (TPSA) is 117 Å². The van der Waals surface area contributed by atoms with Crippen LogP contribution in [0.1, 0.15) is 41.5 Å². The summed E-state index contributed by atoms with van der Waals surface area (Å²) in [5.74, 6) is 0.189. The molecule has 0 aromatic heterocycles. The van der Waals surface area contributed by atoms with Crippen molar-refractivity contribution in [1.29, 1.82) is 0 Å². The Morgan fingerprint density at radius 1 is 0.688 bits per heavy atom. The van der Waals surface area contributed by atoms with E-state index >= 15 is 0 Å². The van der Waals surface area contributed by atoms with Crippen molar-refractivity contribution in [3.8, 4) is 0 Å². The zero-order valence-electron chi connectivity index (χ0n) is 20.4. The largest absolute Gasteiger partial charge is 0.443 e. The molecule has 4 amide bonds. The maximum atomic E-state index is 12.3. The van der Waals surface area contributed by atoms with Crippen LogP contribution in [0.3, 0.4) is 0 Å². The van der Waals surface area contributed by atoms with Crippen molar-refractivity contribution in [3.63, 3.8) is 0 Å². The third-order valence-electron chi connectivity index (χ3n) is 3.37. The van der Waals surface area contributed by atoms with Gasteiger partial charge in [0, 0.05) is 24.6 Å². The maximum Gasteiger partial charge on any atom is 0.417 e. The molecule has 10 nitrogen and oxygen atoms in total. The first-order valence-electron chi connectivity index (χ1n) is 10.3. The second kappa shape index (κ2) is 14.6. The van der Waals surface area contributed by atoms with Crippen molar-refractivity contribution in [2.24, 2.45) is 0 Å². The van der Waals surface area contributed by atoms with E-state index in [1.54, 1.807) is 55.6 Å². The van der Waals surface area contributed by atoms with Crippen LogP contribution in [0.25, 0.3) is 0 Å². The van der Waals surface area contributed by atoms with Crippen molar-refractivity contribution in [2.45, 2.75) is 52.7 Å². The van der Waals surface area contributed by atoms with Gasteiger partial charge in [-0.2, -0.15) is 0 Å². The van der Waals surface area contributed by atoms with Crippen molar-refractivity contribution >= 4 is 45.6 Å². The van der Waals surface area contributed by atoms with E-state index in [1.807, 2.05) is 0 Å². The van der Waals surface area contributed by atoms with Gasteiger partial charge in [0.15, 0.2) is 0 Å². The lowest BCUT2D eigenvalue weighted by molar-refractivity contribution is -0.130. The molecule has 0 fully saturated rings. The molecule has 32 heavy (non-hydrogen) atoms. The molecule has 0 heterocycles. The quantitative estimate of drug-likeness (QED) is 0.327. The van der Waals surface area contributed by atoms with E-state index < -0.39 is 23.4 Å². The van der Waals surface area contributed by atoms with Gasteiger partial charge in [-0.25, -0.2) is 19.4 Å². The Labute approximate surface area is 199 Å². The summed E-state index contributed by atoms with van der Waals surface area (Å²) >= 11 is 0. The smallest absolute Gasteiger partial charge is 0.417 e. The van der Waals surface area contributed by atoms with Gasteiger partial charge in [-0.15, -0.1) is 0 Å². The molecule has 0 aromatic rings. The van der Waals surface area contributed by atoms with Gasteiger partial charge in [-0.05, 0) is 55.6 Å². The number of likely N-dealkylation sites (N-methyl/N-ethyl adjacent to an activating group) is 2. The third-order valence-corrected chi connectivity index (χ3v) is 5.73. The van der Waals surface area contributed by atoms with Gasteiger partial charge in [0.2, 0.25) is 11.8 Å². The highest BCUT2D eigenvalue weighted by Gasteiger charge is 2.28. The third kappa shape index (κ3) is 13.8. The van der Waals surface area contributed by atoms with Crippen LogP contribution < -0.4 is 10.6 Å². The molecular weight excluding hydrogens is 456 g/mol. The molecule has 0 spiro atoms. The van der Waals surface area contributed by atoms with E-state index in [2.05, 4.69) is 10.6 Å². The zero-order valence-corrected chi connectivity index (χ0v) is 22.0. The van der Waals surface area contributed by atoms with E-state index in [4.69, 9.17) is 9.47 Å². The molecule has 2 N–H and O–H groups in total. The maximum absolute atomic E-state index is 12.3. The summed E-state index contributed by atoms with van der Waals surface area (Å²) in [6.07, 6.45) is -1.37. The van der Waals surface area contributed by atoms with E-state index in [0.717, 1.165) is 9.80 Å². The minimum atomic E-state index is -0.706. The number of amides is 4. The number of nitrogens with zero attached hydrogens (tertiary/aromatic N) is 2. The van der Waals surface area contributed by atoms with Crippen molar-refractivity contribution in [1.82, 2.24) is 20.4 Å². The van der Waals surface area contributed by atoms with Gasteiger partial charge in [-0.3, -0.25) is 9.59 Å². The Balaban J connectivity index is 4.71. The van der Waals surface area contributed by atoms with E-state index in [0.29, 0.717) is 11.5 Å². The Morgan fingerprint density at radius 3 is 1.25 bits per heavy atom. The van der Waals surface area contributed by atoms with Crippen molar-refractivity contribution in [2.75, 3.05) is 51.8 Å². The molecule has 12 heteroatoms. The second-order valence-corrected chi connectivity index (χ2v) is 11.5. The molecule has 186 valence electrons. The zero-order chi connectivity index (χ0) is 24.9. The molecule has 0 aliphatic heterocycles. The molecule has 0 aliphatic rings.